The van der Waals surface area contributed by atoms with E-state index in [4.69, 9.17) is 0 Å². The molecule has 1 saturated heterocycles. The molecule has 0 spiro atoms. The van der Waals surface area contributed by atoms with Crippen molar-refractivity contribution in [2.45, 2.75) is 26.8 Å². The molecule has 5 nitrogen and oxygen atoms in total. The van der Waals surface area contributed by atoms with Crippen LogP contribution in [0.15, 0.2) is 30.7 Å². The van der Waals surface area contributed by atoms with Crippen LogP contribution in [0.4, 0.5) is 5.82 Å². The normalized spacial score (nSPS) is 18.5. The zero-order chi connectivity index (χ0) is 15.4. The monoisotopic (exact) mass is 297 g/mol. The molecule has 0 saturated carbocycles. The van der Waals surface area contributed by atoms with Crippen LogP contribution in [0.5, 0.6) is 0 Å². The summed E-state index contributed by atoms with van der Waals surface area (Å²) in [5, 5.41) is 3.44. The van der Waals surface area contributed by atoms with Gasteiger partial charge in [0.2, 0.25) is 0 Å². The van der Waals surface area contributed by atoms with Gasteiger partial charge in [-0.25, -0.2) is 4.98 Å². The van der Waals surface area contributed by atoms with Crippen LogP contribution in [0, 0.1) is 19.8 Å². The lowest BCUT2D eigenvalue weighted by Crippen LogP contribution is -2.23. The number of aryl methyl sites for hydroxylation is 2. The number of hydrogen-bond donors (Lipinski definition) is 1. The van der Waals surface area contributed by atoms with Gasteiger partial charge in [0.25, 0.3) is 0 Å². The molecule has 22 heavy (non-hydrogen) atoms. The summed E-state index contributed by atoms with van der Waals surface area (Å²) in [6, 6.07) is 4.14. The minimum atomic E-state index is 0.668. The van der Waals surface area contributed by atoms with E-state index in [0.717, 1.165) is 43.4 Å². The Balaban J connectivity index is 1.45. The van der Waals surface area contributed by atoms with Crippen LogP contribution in [-0.2, 0) is 6.54 Å². The van der Waals surface area contributed by atoms with Gasteiger partial charge in [0.1, 0.15) is 5.82 Å². The third kappa shape index (κ3) is 4.01. The fourth-order valence-corrected chi connectivity index (χ4v) is 2.77. The maximum absolute atomic E-state index is 4.44. The fraction of sp³-hybridized carbons (Fsp3) is 0.471. The SMILES string of the molecule is Cc1ccc(NC[C@H]2CCN(Cc3cnc(C)cn3)C2)nc1. The van der Waals surface area contributed by atoms with Crippen molar-refractivity contribution in [3.8, 4) is 0 Å². The van der Waals surface area contributed by atoms with Crippen molar-refractivity contribution in [2.24, 2.45) is 5.92 Å². The molecule has 1 fully saturated rings. The van der Waals surface area contributed by atoms with Gasteiger partial charge in [0.15, 0.2) is 0 Å². The van der Waals surface area contributed by atoms with Gasteiger partial charge in [-0.15, -0.1) is 0 Å². The highest BCUT2D eigenvalue weighted by Gasteiger charge is 2.22. The Morgan fingerprint density at radius 3 is 2.77 bits per heavy atom. The van der Waals surface area contributed by atoms with Crippen LogP contribution < -0.4 is 5.32 Å². The van der Waals surface area contributed by atoms with Gasteiger partial charge in [-0.2, -0.15) is 0 Å². The first kappa shape index (κ1) is 14.9. The topological polar surface area (TPSA) is 53.9 Å². The Bertz CT molecular complexity index is 593. The second-order valence-corrected chi connectivity index (χ2v) is 6.14. The predicted octanol–water partition coefficient (Wildman–Crippen LogP) is 2.42. The molecule has 0 radical (unpaired) electrons. The van der Waals surface area contributed by atoms with Crippen LogP contribution in [-0.4, -0.2) is 39.5 Å². The van der Waals surface area contributed by atoms with E-state index in [9.17, 15) is 0 Å². The molecule has 0 unspecified atom stereocenters. The van der Waals surface area contributed by atoms with E-state index in [2.05, 4.69) is 38.2 Å². The molecular formula is C17H23N5. The lowest BCUT2D eigenvalue weighted by Gasteiger charge is -2.16. The Kier molecular flexibility index (Phi) is 4.63. The van der Waals surface area contributed by atoms with Crippen molar-refractivity contribution >= 4 is 5.82 Å². The molecule has 0 amide bonds. The molecule has 3 heterocycles. The number of hydrogen-bond acceptors (Lipinski definition) is 5. The molecule has 0 bridgehead atoms. The fourth-order valence-electron chi connectivity index (χ4n) is 2.77. The molecule has 116 valence electrons. The van der Waals surface area contributed by atoms with Crippen molar-refractivity contribution in [2.75, 3.05) is 25.0 Å². The highest BCUT2D eigenvalue weighted by atomic mass is 15.2. The zero-order valence-corrected chi connectivity index (χ0v) is 13.3. The number of nitrogens with zero attached hydrogens (tertiary/aromatic N) is 4. The quantitative estimate of drug-likeness (QED) is 0.918. The Morgan fingerprint density at radius 2 is 2.05 bits per heavy atom. The van der Waals surface area contributed by atoms with E-state index in [-0.39, 0.29) is 0 Å². The minimum Gasteiger partial charge on any atom is -0.370 e. The predicted molar refractivity (Wildman–Crippen MR) is 87.6 cm³/mol. The molecule has 0 aromatic carbocycles. The third-order valence-electron chi connectivity index (χ3n) is 4.07. The molecule has 0 aliphatic carbocycles. The van der Waals surface area contributed by atoms with Gasteiger partial charge >= 0.3 is 0 Å². The van der Waals surface area contributed by atoms with E-state index in [0.29, 0.717) is 5.92 Å². The van der Waals surface area contributed by atoms with Crippen LogP contribution in [0.25, 0.3) is 0 Å². The Hall–Kier alpha value is -2.01. The van der Waals surface area contributed by atoms with Crippen molar-refractivity contribution in [3.05, 3.63) is 47.7 Å². The summed E-state index contributed by atoms with van der Waals surface area (Å²) in [5.74, 6) is 1.63. The lowest BCUT2D eigenvalue weighted by atomic mass is 10.1. The number of likely N-dealkylation sites (tertiary alicyclic amines) is 1. The number of rotatable bonds is 5. The van der Waals surface area contributed by atoms with E-state index >= 15 is 0 Å². The first-order chi connectivity index (χ1) is 10.7. The van der Waals surface area contributed by atoms with Crippen LogP contribution in [0.2, 0.25) is 0 Å². The molecule has 3 rings (SSSR count). The molecule has 1 aliphatic heterocycles. The molecular weight excluding hydrogens is 274 g/mol. The molecule has 2 aromatic rings. The first-order valence-corrected chi connectivity index (χ1v) is 7.85. The van der Waals surface area contributed by atoms with Crippen LogP contribution >= 0.6 is 0 Å². The smallest absolute Gasteiger partial charge is 0.125 e. The average molecular weight is 297 g/mol. The second kappa shape index (κ2) is 6.83. The highest BCUT2D eigenvalue weighted by molar-refractivity contribution is 5.35. The minimum absolute atomic E-state index is 0.668. The molecule has 5 heteroatoms. The summed E-state index contributed by atoms with van der Waals surface area (Å²) in [6.07, 6.45) is 6.85. The first-order valence-electron chi connectivity index (χ1n) is 7.85. The van der Waals surface area contributed by atoms with Crippen LogP contribution in [0.1, 0.15) is 23.4 Å². The molecule has 1 atom stereocenters. The Morgan fingerprint density at radius 1 is 1.14 bits per heavy atom. The van der Waals surface area contributed by atoms with Gasteiger partial charge in [0.05, 0.1) is 11.4 Å². The van der Waals surface area contributed by atoms with Gasteiger partial charge < -0.3 is 5.32 Å². The number of anilines is 1. The van der Waals surface area contributed by atoms with E-state index in [1.54, 1.807) is 0 Å². The Labute approximate surface area is 131 Å². The largest absolute Gasteiger partial charge is 0.370 e. The summed E-state index contributed by atoms with van der Waals surface area (Å²) in [6.45, 7) is 8.13. The number of pyridine rings is 1. The van der Waals surface area contributed by atoms with Gasteiger partial charge in [-0.1, -0.05) is 6.07 Å². The van der Waals surface area contributed by atoms with Crippen molar-refractivity contribution < 1.29 is 0 Å². The van der Waals surface area contributed by atoms with Crippen molar-refractivity contribution in [1.82, 2.24) is 19.9 Å². The molecule has 1 aliphatic rings. The van der Waals surface area contributed by atoms with Gasteiger partial charge in [-0.05, 0) is 44.4 Å². The van der Waals surface area contributed by atoms with E-state index in [1.807, 2.05) is 31.6 Å². The lowest BCUT2D eigenvalue weighted by molar-refractivity contribution is 0.314. The van der Waals surface area contributed by atoms with E-state index in [1.165, 1.54) is 12.0 Å². The van der Waals surface area contributed by atoms with Crippen molar-refractivity contribution in [1.29, 1.82) is 0 Å². The summed E-state index contributed by atoms with van der Waals surface area (Å²) < 4.78 is 0. The highest BCUT2D eigenvalue weighted by Crippen LogP contribution is 2.18. The second-order valence-electron chi connectivity index (χ2n) is 6.14. The van der Waals surface area contributed by atoms with E-state index < -0.39 is 0 Å². The zero-order valence-electron chi connectivity index (χ0n) is 13.3. The molecule has 1 N–H and O–H groups in total. The standard InChI is InChI=1S/C17H23N5/c1-13-3-4-17(20-7-13)21-9-15-5-6-22(11-15)12-16-10-18-14(2)8-19-16/h3-4,7-8,10,15H,5-6,9,11-12H2,1-2H3,(H,20,21)/t15-/m1/s1. The average Bonchev–Trinajstić information content (AvgIpc) is 2.97. The summed E-state index contributed by atoms with van der Waals surface area (Å²) in [4.78, 5) is 15.6. The third-order valence-corrected chi connectivity index (χ3v) is 4.07. The molecule has 2 aromatic heterocycles. The summed E-state index contributed by atoms with van der Waals surface area (Å²) in [5.41, 5.74) is 3.22. The van der Waals surface area contributed by atoms with Crippen molar-refractivity contribution in [3.63, 3.8) is 0 Å². The summed E-state index contributed by atoms with van der Waals surface area (Å²) in [7, 11) is 0. The maximum Gasteiger partial charge on any atom is 0.125 e. The number of nitrogens with one attached hydrogen (secondary N) is 1. The van der Waals surface area contributed by atoms with Gasteiger partial charge in [-0.3, -0.25) is 14.9 Å². The maximum atomic E-state index is 4.44. The van der Waals surface area contributed by atoms with Gasteiger partial charge in [0, 0.05) is 38.2 Å². The summed E-state index contributed by atoms with van der Waals surface area (Å²) >= 11 is 0. The van der Waals surface area contributed by atoms with Crippen LogP contribution in [0.3, 0.4) is 0 Å². The number of aromatic nitrogens is 3.